The number of ether oxygens (including phenoxy) is 1. The van der Waals surface area contributed by atoms with Gasteiger partial charge in [0.1, 0.15) is 5.75 Å². The van der Waals surface area contributed by atoms with Gasteiger partial charge in [-0.3, -0.25) is 4.79 Å². The van der Waals surface area contributed by atoms with E-state index in [2.05, 4.69) is 22.9 Å². The van der Waals surface area contributed by atoms with Crippen molar-refractivity contribution < 1.29 is 9.53 Å². The molecule has 1 atom stereocenters. The van der Waals surface area contributed by atoms with Crippen LogP contribution in [0.2, 0.25) is 0 Å². The molecule has 0 spiro atoms. The number of rotatable bonds is 6. The number of ketones is 1. The molecule has 3 heteroatoms. The third-order valence-electron chi connectivity index (χ3n) is 3.37. The Kier molecular flexibility index (Phi) is 5.57. The normalized spacial score (nSPS) is 12.0. The van der Waals surface area contributed by atoms with E-state index >= 15 is 0 Å². The summed E-state index contributed by atoms with van der Waals surface area (Å²) in [6, 6.07) is 15.4. The Balaban J connectivity index is 2.18. The first-order valence-corrected chi connectivity index (χ1v) is 7.94. The molecule has 2 aromatic carbocycles. The summed E-state index contributed by atoms with van der Waals surface area (Å²) in [6.45, 7) is 4.67. The van der Waals surface area contributed by atoms with Gasteiger partial charge in [-0.15, -0.1) is 0 Å². The fraction of sp³-hybridized carbons (Fsp3) is 0.278. The Hall–Kier alpha value is -1.61. The number of carbonyl (C=O) groups is 1. The van der Waals surface area contributed by atoms with Gasteiger partial charge in [-0.2, -0.15) is 0 Å². The molecule has 0 N–H and O–H groups in total. The number of benzene rings is 2. The lowest BCUT2D eigenvalue weighted by Gasteiger charge is -2.13. The monoisotopic (exact) mass is 346 g/mol. The average molecular weight is 347 g/mol. The lowest BCUT2D eigenvalue weighted by atomic mass is 9.92. The average Bonchev–Trinajstić information content (AvgIpc) is 2.53. The van der Waals surface area contributed by atoms with Crippen LogP contribution in [-0.2, 0) is 0 Å². The molecule has 0 radical (unpaired) electrons. The van der Waals surface area contributed by atoms with E-state index in [0.29, 0.717) is 12.2 Å². The first-order chi connectivity index (χ1) is 10.1. The van der Waals surface area contributed by atoms with Gasteiger partial charge >= 0.3 is 0 Å². The quantitative estimate of drug-likeness (QED) is 0.670. The second kappa shape index (κ2) is 7.41. The van der Waals surface area contributed by atoms with Gasteiger partial charge in [0.2, 0.25) is 0 Å². The fourth-order valence-electron chi connectivity index (χ4n) is 2.13. The molecule has 0 aromatic heterocycles. The first-order valence-electron chi connectivity index (χ1n) is 7.15. The number of halogens is 1. The van der Waals surface area contributed by atoms with Crippen LogP contribution in [0.15, 0.2) is 53.0 Å². The van der Waals surface area contributed by atoms with Crippen molar-refractivity contribution in [2.45, 2.75) is 26.2 Å². The van der Waals surface area contributed by atoms with Gasteiger partial charge in [0, 0.05) is 11.5 Å². The highest BCUT2D eigenvalue weighted by Crippen LogP contribution is 2.28. The Morgan fingerprint density at radius 3 is 2.52 bits per heavy atom. The summed E-state index contributed by atoms with van der Waals surface area (Å²) in [5, 5.41) is 0. The van der Waals surface area contributed by atoms with E-state index in [4.69, 9.17) is 4.74 Å². The van der Waals surface area contributed by atoms with Crippen molar-refractivity contribution in [3.05, 3.63) is 64.1 Å². The number of hydrogen-bond donors (Lipinski definition) is 0. The molecule has 2 aromatic rings. The molecule has 2 rings (SSSR count). The molecule has 0 saturated heterocycles. The molecule has 0 bridgehead atoms. The van der Waals surface area contributed by atoms with E-state index in [1.165, 1.54) is 0 Å². The Labute approximate surface area is 134 Å². The predicted octanol–water partition coefficient (Wildman–Crippen LogP) is 5.22. The largest absolute Gasteiger partial charge is 0.492 e. The third kappa shape index (κ3) is 3.94. The fourth-order valence-corrected chi connectivity index (χ4v) is 2.62. The van der Waals surface area contributed by atoms with Gasteiger partial charge in [-0.1, -0.05) is 44.2 Å². The van der Waals surface area contributed by atoms with Gasteiger partial charge in [0.05, 0.1) is 11.1 Å². The SMILES string of the molecule is CCCOc1ccc(C(=O)C(C)c2ccccc2)cc1Br. The summed E-state index contributed by atoms with van der Waals surface area (Å²) in [4.78, 5) is 12.6. The van der Waals surface area contributed by atoms with Crippen LogP contribution in [0.25, 0.3) is 0 Å². The second-order valence-electron chi connectivity index (χ2n) is 4.99. The minimum atomic E-state index is -0.152. The first kappa shape index (κ1) is 15.8. The van der Waals surface area contributed by atoms with Crippen LogP contribution >= 0.6 is 15.9 Å². The Morgan fingerprint density at radius 1 is 1.19 bits per heavy atom. The lowest BCUT2D eigenvalue weighted by molar-refractivity contribution is 0.0966. The third-order valence-corrected chi connectivity index (χ3v) is 3.99. The van der Waals surface area contributed by atoms with Gasteiger partial charge in [-0.05, 0) is 46.1 Å². The van der Waals surface area contributed by atoms with Crippen molar-refractivity contribution in [2.75, 3.05) is 6.61 Å². The minimum absolute atomic E-state index is 0.115. The molecular formula is C18H19BrO2. The van der Waals surface area contributed by atoms with Crippen LogP contribution in [0.1, 0.15) is 42.1 Å². The van der Waals surface area contributed by atoms with Gasteiger partial charge in [0.25, 0.3) is 0 Å². The van der Waals surface area contributed by atoms with Crippen molar-refractivity contribution in [3.63, 3.8) is 0 Å². The summed E-state index contributed by atoms with van der Waals surface area (Å²) in [5.41, 5.74) is 1.73. The van der Waals surface area contributed by atoms with Gasteiger partial charge in [-0.25, -0.2) is 0 Å². The predicted molar refractivity (Wildman–Crippen MR) is 89.1 cm³/mol. The van der Waals surface area contributed by atoms with Gasteiger partial charge in [0.15, 0.2) is 5.78 Å². The number of hydrogen-bond acceptors (Lipinski definition) is 2. The Bertz CT molecular complexity index is 608. The zero-order valence-corrected chi connectivity index (χ0v) is 13.9. The molecule has 0 aliphatic rings. The van der Waals surface area contributed by atoms with Crippen LogP contribution < -0.4 is 4.74 Å². The molecule has 0 heterocycles. The van der Waals surface area contributed by atoms with Gasteiger partial charge < -0.3 is 4.74 Å². The maximum absolute atomic E-state index is 12.6. The van der Waals surface area contributed by atoms with E-state index in [1.54, 1.807) is 0 Å². The summed E-state index contributed by atoms with van der Waals surface area (Å²) in [7, 11) is 0. The summed E-state index contributed by atoms with van der Waals surface area (Å²) >= 11 is 3.47. The molecule has 0 amide bonds. The van der Waals surface area contributed by atoms with Crippen molar-refractivity contribution in [3.8, 4) is 5.75 Å². The van der Waals surface area contributed by atoms with Crippen LogP contribution in [0.5, 0.6) is 5.75 Å². The summed E-state index contributed by atoms with van der Waals surface area (Å²) in [5.74, 6) is 0.741. The van der Waals surface area contributed by atoms with Crippen LogP contribution in [0.3, 0.4) is 0 Å². The number of carbonyl (C=O) groups excluding carboxylic acids is 1. The molecule has 0 aliphatic heterocycles. The molecule has 0 saturated carbocycles. The molecule has 1 unspecified atom stereocenters. The number of Topliss-reactive ketones (excluding diaryl/α,β-unsaturated/α-hetero) is 1. The molecular weight excluding hydrogens is 328 g/mol. The zero-order valence-electron chi connectivity index (χ0n) is 12.3. The molecule has 110 valence electrons. The maximum atomic E-state index is 12.6. The van der Waals surface area contributed by atoms with E-state index in [-0.39, 0.29) is 11.7 Å². The molecule has 0 fully saturated rings. The lowest BCUT2D eigenvalue weighted by Crippen LogP contribution is -2.09. The maximum Gasteiger partial charge on any atom is 0.170 e. The minimum Gasteiger partial charge on any atom is -0.492 e. The smallest absolute Gasteiger partial charge is 0.170 e. The standard InChI is InChI=1S/C18H19BrO2/c1-3-11-21-17-10-9-15(12-16(17)19)18(20)13(2)14-7-5-4-6-8-14/h4-10,12-13H,3,11H2,1-2H3. The highest BCUT2D eigenvalue weighted by atomic mass is 79.9. The van der Waals surface area contributed by atoms with E-state index < -0.39 is 0 Å². The zero-order chi connectivity index (χ0) is 15.2. The highest BCUT2D eigenvalue weighted by molar-refractivity contribution is 9.10. The van der Waals surface area contributed by atoms with Crippen LogP contribution in [0, 0.1) is 0 Å². The highest BCUT2D eigenvalue weighted by Gasteiger charge is 2.18. The molecule has 0 aliphatic carbocycles. The molecule has 21 heavy (non-hydrogen) atoms. The Morgan fingerprint density at radius 2 is 1.90 bits per heavy atom. The van der Waals surface area contributed by atoms with E-state index in [0.717, 1.165) is 22.2 Å². The van der Waals surface area contributed by atoms with E-state index in [1.807, 2.05) is 55.5 Å². The summed E-state index contributed by atoms with van der Waals surface area (Å²) < 4.78 is 6.43. The van der Waals surface area contributed by atoms with Crippen molar-refractivity contribution in [2.24, 2.45) is 0 Å². The van der Waals surface area contributed by atoms with Crippen LogP contribution in [-0.4, -0.2) is 12.4 Å². The topological polar surface area (TPSA) is 26.3 Å². The van der Waals surface area contributed by atoms with Crippen molar-refractivity contribution in [1.82, 2.24) is 0 Å². The summed E-state index contributed by atoms with van der Waals surface area (Å²) in [6.07, 6.45) is 0.957. The van der Waals surface area contributed by atoms with Crippen molar-refractivity contribution >= 4 is 21.7 Å². The second-order valence-corrected chi connectivity index (χ2v) is 5.84. The van der Waals surface area contributed by atoms with Crippen molar-refractivity contribution in [1.29, 1.82) is 0 Å². The van der Waals surface area contributed by atoms with E-state index in [9.17, 15) is 4.79 Å². The molecule has 2 nitrogen and oxygen atoms in total. The van der Waals surface area contributed by atoms with Crippen LogP contribution in [0.4, 0.5) is 0 Å².